The lowest BCUT2D eigenvalue weighted by Gasteiger charge is -2.11. The fourth-order valence-corrected chi connectivity index (χ4v) is 2.16. The third-order valence-electron chi connectivity index (χ3n) is 3.45. The second-order valence-corrected chi connectivity index (χ2v) is 5.91. The molecule has 26 heavy (non-hydrogen) atoms. The van der Waals surface area contributed by atoms with Crippen molar-refractivity contribution in [2.24, 2.45) is 0 Å². The van der Waals surface area contributed by atoms with Crippen molar-refractivity contribution in [2.45, 2.75) is 26.4 Å². The van der Waals surface area contributed by atoms with Gasteiger partial charge in [0.2, 0.25) is 0 Å². The highest BCUT2D eigenvalue weighted by Crippen LogP contribution is 2.08. The maximum Gasteiger partial charge on any atom is 0.416 e. The zero-order chi connectivity index (χ0) is 19.1. The summed E-state index contributed by atoms with van der Waals surface area (Å²) in [5, 5.41) is 5.40. The van der Waals surface area contributed by atoms with E-state index in [0.29, 0.717) is 6.54 Å². The van der Waals surface area contributed by atoms with Crippen LogP contribution in [0.25, 0.3) is 0 Å². The number of amides is 4. The van der Waals surface area contributed by atoms with Crippen molar-refractivity contribution in [1.29, 1.82) is 0 Å². The summed E-state index contributed by atoms with van der Waals surface area (Å²) in [4.78, 5) is 47.4. The summed E-state index contributed by atoms with van der Waals surface area (Å²) in [7, 11) is 0. The van der Waals surface area contributed by atoms with Crippen LogP contribution < -0.4 is 10.6 Å². The minimum atomic E-state index is -0.732. The summed E-state index contributed by atoms with van der Waals surface area (Å²) < 4.78 is 9.56. The monoisotopic (exact) mass is 363 g/mol. The van der Waals surface area contributed by atoms with E-state index in [0.717, 1.165) is 10.5 Å². The number of carbonyl (C=O) groups is 4. The van der Waals surface area contributed by atoms with E-state index in [9.17, 15) is 19.2 Å². The molecule has 1 aliphatic rings. The molecular weight excluding hydrogens is 342 g/mol. The van der Waals surface area contributed by atoms with Crippen LogP contribution in [0.5, 0.6) is 0 Å². The van der Waals surface area contributed by atoms with E-state index in [1.807, 2.05) is 13.8 Å². The average Bonchev–Trinajstić information content (AvgIpc) is 3.03. The van der Waals surface area contributed by atoms with Gasteiger partial charge < -0.3 is 20.1 Å². The van der Waals surface area contributed by atoms with E-state index in [-0.39, 0.29) is 30.8 Å². The van der Waals surface area contributed by atoms with Crippen LogP contribution in [0.2, 0.25) is 0 Å². The average molecular weight is 363 g/mol. The van der Waals surface area contributed by atoms with Crippen LogP contribution in [0, 0.1) is 0 Å². The van der Waals surface area contributed by atoms with E-state index in [1.165, 1.54) is 12.1 Å². The standard InChI is InChI=1S/C17H21N3O6/c1-11(2)19-16(23)18-9-12-3-5-13(6-4-12)15(22)26-10-14(21)20-7-8-25-17(20)24/h3-6,11H,7-10H2,1-2H3,(H2,18,19,23). The number of imide groups is 1. The third-order valence-corrected chi connectivity index (χ3v) is 3.45. The van der Waals surface area contributed by atoms with Crippen LogP contribution in [0.1, 0.15) is 29.8 Å². The Labute approximate surface area is 150 Å². The van der Waals surface area contributed by atoms with Gasteiger partial charge in [-0.15, -0.1) is 0 Å². The Morgan fingerprint density at radius 2 is 1.92 bits per heavy atom. The zero-order valence-electron chi connectivity index (χ0n) is 14.6. The fraction of sp³-hybridized carbons (Fsp3) is 0.412. The molecule has 2 N–H and O–H groups in total. The normalized spacial score (nSPS) is 13.3. The number of urea groups is 1. The molecule has 9 nitrogen and oxygen atoms in total. The van der Waals surface area contributed by atoms with Gasteiger partial charge in [0, 0.05) is 12.6 Å². The molecule has 140 valence electrons. The highest BCUT2D eigenvalue weighted by molar-refractivity contribution is 5.96. The van der Waals surface area contributed by atoms with Gasteiger partial charge >= 0.3 is 18.1 Å². The van der Waals surface area contributed by atoms with Gasteiger partial charge in [0.1, 0.15) is 6.61 Å². The maximum absolute atomic E-state index is 12.0. The largest absolute Gasteiger partial charge is 0.452 e. The van der Waals surface area contributed by atoms with Crippen molar-refractivity contribution >= 4 is 24.0 Å². The Balaban J connectivity index is 1.79. The number of nitrogens with one attached hydrogen (secondary N) is 2. The molecule has 1 aromatic carbocycles. The van der Waals surface area contributed by atoms with Crippen molar-refractivity contribution in [2.75, 3.05) is 19.8 Å². The maximum atomic E-state index is 12.0. The number of nitrogens with zero attached hydrogens (tertiary/aromatic N) is 1. The van der Waals surface area contributed by atoms with E-state index in [4.69, 9.17) is 4.74 Å². The Hall–Kier alpha value is -3.10. The van der Waals surface area contributed by atoms with Crippen LogP contribution in [-0.2, 0) is 20.8 Å². The molecule has 0 aromatic heterocycles. The van der Waals surface area contributed by atoms with Crippen LogP contribution in [0.3, 0.4) is 0 Å². The number of rotatable bonds is 6. The lowest BCUT2D eigenvalue weighted by atomic mass is 10.1. The second-order valence-electron chi connectivity index (χ2n) is 5.91. The van der Waals surface area contributed by atoms with Gasteiger partial charge in [-0.1, -0.05) is 12.1 Å². The summed E-state index contributed by atoms with van der Waals surface area (Å²) in [5.74, 6) is -1.30. The predicted molar refractivity (Wildman–Crippen MR) is 90.3 cm³/mol. The first-order valence-electron chi connectivity index (χ1n) is 8.14. The highest BCUT2D eigenvalue weighted by atomic mass is 16.6. The Morgan fingerprint density at radius 1 is 1.23 bits per heavy atom. The quantitative estimate of drug-likeness (QED) is 0.730. The molecule has 0 aliphatic carbocycles. The number of carbonyl (C=O) groups excluding carboxylic acids is 4. The molecule has 1 saturated heterocycles. The van der Waals surface area contributed by atoms with Gasteiger partial charge in [-0.2, -0.15) is 0 Å². The molecular formula is C17H21N3O6. The van der Waals surface area contributed by atoms with E-state index in [2.05, 4.69) is 15.4 Å². The minimum absolute atomic E-state index is 0.0391. The number of ether oxygens (including phenoxy) is 2. The second kappa shape index (κ2) is 8.84. The van der Waals surface area contributed by atoms with Crippen LogP contribution in [-0.4, -0.2) is 54.7 Å². The van der Waals surface area contributed by atoms with E-state index in [1.54, 1.807) is 12.1 Å². The summed E-state index contributed by atoms with van der Waals surface area (Å²) >= 11 is 0. The molecule has 0 bridgehead atoms. The lowest BCUT2D eigenvalue weighted by Crippen LogP contribution is -2.39. The Bertz CT molecular complexity index is 686. The lowest BCUT2D eigenvalue weighted by molar-refractivity contribution is -0.131. The summed E-state index contributed by atoms with van der Waals surface area (Å²) in [5.41, 5.74) is 1.06. The highest BCUT2D eigenvalue weighted by Gasteiger charge is 2.29. The number of hydrogen-bond acceptors (Lipinski definition) is 6. The fourth-order valence-electron chi connectivity index (χ4n) is 2.16. The number of cyclic esters (lactones) is 1. The first-order chi connectivity index (χ1) is 12.4. The van der Waals surface area contributed by atoms with Gasteiger partial charge in [0.25, 0.3) is 5.91 Å². The van der Waals surface area contributed by atoms with Crippen molar-refractivity contribution in [3.63, 3.8) is 0 Å². The molecule has 0 unspecified atom stereocenters. The molecule has 4 amide bonds. The van der Waals surface area contributed by atoms with Gasteiger partial charge in [-0.05, 0) is 31.5 Å². The third kappa shape index (κ3) is 5.47. The van der Waals surface area contributed by atoms with Gasteiger partial charge in [-0.25, -0.2) is 19.3 Å². The minimum Gasteiger partial charge on any atom is -0.452 e. The van der Waals surface area contributed by atoms with Crippen molar-refractivity contribution in [3.8, 4) is 0 Å². The van der Waals surface area contributed by atoms with Crippen LogP contribution in [0.15, 0.2) is 24.3 Å². The topological polar surface area (TPSA) is 114 Å². The number of hydrogen-bond donors (Lipinski definition) is 2. The molecule has 0 atom stereocenters. The molecule has 1 aromatic rings. The molecule has 9 heteroatoms. The van der Waals surface area contributed by atoms with Gasteiger partial charge in [0.05, 0.1) is 12.1 Å². The summed E-state index contributed by atoms with van der Waals surface area (Å²) in [6, 6.07) is 6.18. The van der Waals surface area contributed by atoms with Crippen LogP contribution in [0.4, 0.5) is 9.59 Å². The number of benzene rings is 1. The van der Waals surface area contributed by atoms with Crippen molar-refractivity contribution < 1.29 is 28.7 Å². The van der Waals surface area contributed by atoms with E-state index >= 15 is 0 Å². The molecule has 1 aliphatic heterocycles. The summed E-state index contributed by atoms with van der Waals surface area (Å²) in [6.45, 7) is 3.79. The first kappa shape index (κ1) is 19.2. The molecule has 0 saturated carbocycles. The molecule has 1 heterocycles. The molecule has 0 radical (unpaired) electrons. The van der Waals surface area contributed by atoms with Crippen LogP contribution >= 0.6 is 0 Å². The van der Waals surface area contributed by atoms with Gasteiger partial charge in [-0.3, -0.25) is 4.79 Å². The first-order valence-corrected chi connectivity index (χ1v) is 8.14. The smallest absolute Gasteiger partial charge is 0.416 e. The van der Waals surface area contributed by atoms with E-state index < -0.39 is 24.6 Å². The SMILES string of the molecule is CC(C)NC(=O)NCc1ccc(C(=O)OCC(=O)N2CCOC2=O)cc1. The molecule has 2 rings (SSSR count). The van der Waals surface area contributed by atoms with Gasteiger partial charge in [0.15, 0.2) is 6.61 Å². The zero-order valence-corrected chi connectivity index (χ0v) is 14.6. The number of esters is 1. The Kier molecular flexibility index (Phi) is 6.54. The Morgan fingerprint density at radius 3 is 2.50 bits per heavy atom. The molecule has 0 spiro atoms. The summed E-state index contributed by atoms with van der Waals surface area (Å²) in [6.07, 6.45) is -0.732. The predicted octanol–water partition coefficient (Wildman–Crippen LogP) is 1.03. The molecule has 1 fully saturated rings. The van der Waals surface area contributed by atoms with Crippen molar-refractivity contribution in [3.05, 3.63) is 35.4 Å². The van der Waals surface area contributed by atoms with Crippen molar-refractivity contribution in [1.82, 2.24) is 15.5 Å².